The van der Waals surface area contributed by atoms with Crippen molar-refractivity contribution in [1.29, 1.82) is 0 Å². The smallest absolute Gasteiger partial charge is 0.343 e. The molecule has 11 heteroatoms. The maximum atomic E-state index is 12.4. The van der Waals surface area contributed by atoms with Gasteiger partial charge in [-0.15, -0.1) is 11.3 Å². The summed E-state index contributed by atoms with van der Waals surface area (Å²) in [4.78, 5) is 15.9. The van der Waals surface area contributed by atoms with E-state index in [4.69, 9.17) is 0 Å². The summed E-state index contributed by atoms with van der Waals surface area (Å²) in [6.45, 7) is -1.47. The third-order valence-electron chi connectivity index (χ3n) is 3.63. The molecule has 1 aromatic heterocycles. The summed E-state index contributed by atoms with van der Waals surface area (Å²) in [6, 6.07) is 12.0. The van der Waals surface area contributed by atoms with Crippen molar-refractivity contribution in [2.45, 2.75) is 17.6 Å². The van der Waals surface area contributed by atoms with Crippen molar-refractivity contribution in [2.75, 3.05) is 6.54 Å². The summed E-state index contributed by atoms with van der Waals surface area (Å²) >= 11 is 1.36. The standard InChI is InChI=1S/C17H14F3N3O3S2/c18-17(19,20)10-21-16(24)11-5-7-12(8-6-11)28(25,26)22-9-15-23-13-3-1-2-4-14(13)27-15/h1-8,22H,9-10H2,(H,21,24). The predicted molar refractivity (Wildman–Crippen MR) is 98.5 cm³/mol. The lowest BCUT2D eigenvalue weighted by atomic mass is 10.2. The molecular formula is C17H14F3N3O3S2. The first kappa shape index (κ1) is 20.2. The number of hydrogen-bond donors (Lipinski definition) is 2. The lowest BCUT2D eigenvalue weighted by molar-refractivity contribution is -0.123. The molecule has 0 saturated carbocycles. The minimum atomic E-state index is -4.52. The molecule has 1 amide bonds. The molecule has 0 unspecified atom stereocenters. The van der Waals surface area contributed by atoms with Crippen LogP contribution in [0.2, 0.25) is 0 Å². The summed E-state index contributed by atoms with van der Waals surface area (Å²) in [5.74, 6) is -0.941. The Kier molecular flexibility index (Phi) is 5.68. The van der Waals surface area contributed by atoms with Gasteiger partial charge in [-0.2, -0.15) is 13.2 Å². The van der Waals surface area contributed by atoms with E-state index in [1.807, 2.05) is 24.3 Å². The van der Waals surface area contributed by atoms with Gasteiger partial charge < -0.3 is 5.32 Å². The minimum absolute atomic E-state index is 0.00446. The van der Waals surface area contributed by atoms with Crippen LogP contribution in [0.15, 0.2) is 53.4 Å². The van der Waals surface area contributed by atoms with Crippen LogP contribution in [0, 0.1) is 0 Å². The zero-order valence-corrected chi connectivity index (χ0v) is 15.8. The number of para-hydroxylation sites is 1. The normalized spacial score (nSPS) is 12.2. The summed E-state index contributed by atoms with van der Waals surface area (Å²) in [5.41, 5.74) is 0.699. The Balaban J connectivity index is 1.65. The highest BCUT2D eigenvalue weighted by Gasteiger charge is 2.28. The van der Waals surface area contributed by atoms with Gasteiger partial charge in [-0.1, -0.05) is 12.1 Å². The molecule has 148 valence electrons. The monoisotopic (exact) mass is 429 g/mol. The van der Waals surface area contributed by atoms with E-state index < -0.39 is 28.7 Å². The van der Waals surface area contributed by atoms with Crippen LogP contribution in [0.25, 0.3) is 10.2 Å². The topological polar surface area (TPSA) is 88.2 Å². The van der Waals surface area contributed by atoms with Crippen LogP contribution in [-0.2, 0) is 16.6 Å². The van der Waals surface area contributed by atoms with Crippen LogP contribution in [-0.4, -0.2) is 32.0 Å². The van der Waals surface area contributed by atoms with Gasteiger partial charge >= 0.3 is 6.18 Å². The number of carbonyl (C=O) groups excluding carboxylic acids is 1. The van der Waals surface area contributed by atoms with Gasteiger partial charge in [-0.3, -0.25) is 4.79 Å². The SMILES string of the molecule is O=C(NCC(F)(F)F)c1ccc(S(=O)(=O)NCc2nc3ccccc3s2)cc1. The quantitative estimate of drug-likeness (QED) is 0.631. The van der Waals surface area contributed by atoms with Crippen LogP contribution >= 0.6 is 11.3 Å². The van der Waals surface area contributed by atoms with Gasteiger partial charge in [0.05, 0.1) is 21.7 Å². The number of amides is 1. The van der Waals surface area contributed by atoms with Gasteiger partial charge in [0.2, 0.25) is 10.0 Å². The number of nitrogens with one attached hydrogen (secondary N) is 2. The molecule has 0 fully saturated rings. The molecule has 0 atom stereocenters. The molecule has 0 aliphatic heterocycles. The van der Waals surface area contributed by atoms with Gasteiger partial charge in [0, 0.05) is 5.56 Å². The van der Waals surface area contributed by atoms with Gasteiger partial charge in [0.25, 0.3) is 5.91 Å². The van der Waals surface area contributed by atoms with Gasteiger partial charge in [0.1, 0.15) is 11.6 Å². The Morgan fingerprint density at radius 3 is 2.39 bits per heavy atom. The molecular weight excluding hydrogens is 415 g/mol. The van der Waals surface area contributed by atoms with E-state index in [1.165, 1.54) is 11.3 Å². The van der Waals surface area contributed by atoms with Crippen LogP contribution in [0.5, 0.6) is 0 Å². The maximum Gasteiger partial charge on any atom is 0.405 e. The number of carbonyl (C=O) groups is 1. The molecule has 1 heterocycles. The molecule has 28 heavy (non-hydrogen) atoms. The highest BCUT2D eigenvalue weighted by Crippen LogP contribution is 2.22. The number of hydrogen-bond acceptors (Lipinski definition) is 5. The highest BCUT2D eigenvalue weighted by atomic mass is 32.2. The van der Waals surface area contributed by atoms with Crippen LogP contribution in [0.4, 0.5) is 13.2 Å². The molecule has 2 N–H and O–H groups in total. The first-order chi connectivity index (χ1) is 13.1. The fourth-order valence-corrected chi connectivity index (χ4v) is 4.29. The number of alkyl halides is 3. The van der Waals surface area contributed by atoms with Crippen molar-refractivity contribution in [3.63, 3.8) is 0 Å². The number of nitrogens with zero attached hydrogens (tertiary/aromatic N) is 1. The summed E-state index contributed by atoms with van der Waals surface area (Å²) < 4.78 is 64.5. The van der Waals surface area contributed by atoms with Crippen molar-refractivity contribution < 1.29 is 26.4 Å². The number of aromatic nitrogens is 1. The first-order valence-electron chi connectivity index (χ1n) is 7.93. The van der Waals surface area contributed by atoms with Gasteiger partial charge in [-0.25, -0.2) is 18.1 Å². The Hall–Kier alpha value is -2.50. The molecule has 3 aromatic rings. The Morgan fingerprint density at radius 2 is 1.75 bits per heavy atom. The van der Waals surface area contributed by atoms with Gasteiger partial charge in [-0.05, 0) is 36.4 Å². The predicted octanol–water partition coefficient (Wildman–Crippen LogP) is 3.07. The number of rotatable bonds is 6. The number of fused-ring (bicyclic) bond motifs is 1. The molecule has 0 saturated heterocycles. The van der Waals surface area contributed by atoms with Gasteiger partial charge in [0.15, 0.2) is 0 Å². The molecule has 0 bridgehead atoms. The second-order valence-corrected chi connectivity index (χ2v) is 8.60. The minimum Gasteiger partial charge on any atom is -0.343 e. The average Bonchev–Trinajstić information content (AvgIpc) is 3.07. The van der Waals surface area contributed by atoms with E-state index in [2.05, 4.69) is 9.71 Å². The number of halogens is 3. The van der Waals surface area contributed by atoms with Crippen LogP contribution in [0.1, 0.15) is 15.4 Å². The zero-order chi connectivity index (χ0) is 20.4. The fourth-order valence-electron chi connectivity index (χ4n) is 2.30. The van der Waals surface area contributed by atoms with Crippen molar-refractivity contribution in [3.05, 3.63) is 59.1 Å². The van der Waals surface area contributed by atoms with E-state index in [0.717, 1.165) is 34.5 Å². The molecule has 0 spiro atoms. The summed E-state index contributed by atoms with van der Waals surface area (Å²) in [6.07, 6.45) is -4.52. The van der Waals surface area contributed by atoms with Crippen molar-refractivity contribution >= 4 is 37.5 Å². The molecule has 0 radical (unpaired) electrons. The molecule has 0 aliphatic rings. The molecule has 0 aliphatic carbocycles. The van der Waals surface area contributed by atoms with Crippen molar-refractivity contribution in [1.82, 2.24) is 15.0 Å². The summed E-state index contributed by atoms with van der Waals surface area (Å²) in [7, 11) is -3.87. The largest absolute Gasteiger partial charge is 0.405 e. The third-order valence-corrected chi connectivity index (χ3v) is 6.08. The number of sulfonamides is 1. The lowest BCUT2D eigenvalue weighted by Gasteiger charge is -2.09. The molecule has 2 aromatic carbocycles. The average molecular weight is 429 g/mol. The maximum absolute atomic E-state index is 12.4. The number of thiazole rings is 1. The summed E-state index contributed by atoms with van der Waals surface area (Å²) in [5, 5.41) is 2.31. The lowest BCUT2D eigenvalue weighted by Crippen LogP contribution is -2.33. The second kappa shape index (κ2) is 7.86. The first-order valence-corrected chi connectivity index (χ1v) is 10.2. The van der Waals surface area contributed by atoms with E-state index in [1.54, 1.807) is 5.32 Å². The van der Waals surface area contributed by atoms with Crippen LogP contribution in [0.3, 0.4) is 0 Å². The molecule has 6 nitrogen and oxygen atoms in total. The van der Waals surface area contributed by atoms with E-state index >= 15 is 0 Å². The van der Waals surface area contributed by atoms with E-state index in [0.29, 0.717) is 5.01 Å². The Bertz CT molecular complexity index is 1060. The van der Waals surface area contributed by atoms with E-state index in [-0.39, 0.29) is 17.0 Å². The highest BCUT2D eigenvalue weighted by molar-refractivity contribution is 7.89. The molecule has 3 rings (SSSR count). The Morgan fingerprint density at radius 1 is 1.07 bits per heavy atom. The Labute approximate surface area is 162 Å². The second-order valence-electron chi connectivity index (χ2n) is 5.72. The third kappa shape index (κ3) is 5.06. The fraction of sp³-hybridized carbons (Fsp3) is 0.176. The van der Waals surface area contributed by atoms with Crippen LogP contribution < -0.4 is 10.0 Å². The van der Waals surface area contributed by atoms with E-state index in [9.17, 15) is 26.4 Å². The van der Waals surface area contributed by atoms with Crippen molar-refractivity contribution in [2.24, 2.45) is 0 Å². The number of benzene rings is 2. The van der Waals surface area contributed by atoms with Crippen molar-refractivity contribution in [3.8, 4) is 0 Å². The zero-order valence-electron chi connectivity index (χ0n) is 14.2.